The molecule has 24 heavy (non-hydrogen) atoms. The van der Waals surface area contributed by atoms with Crippen molar-refractivity contribution in [3.8, 4) is 0 Å². The molecule has 1 amide bonds. The summed E-state index contributed by atoms with van der Waals surface area (Å²) in [5.74, 6) is -0.820. The van der Waals surface area contributed by atoms with E-state index in [0.29, 0.717) is 24.5 Å². The lowest BCUT2D eigenvalue weighted by atomic mass is 9.94. The Morgan fingerprint density at radius 3 is 2.96 bits per heavy atom. The molecule has 0 spiro atoms. The zero-order valence-electron chi connectivity index (χ0n) is 13.4. The summed E-state index contributed by atoms with van der Waals surface area (Å²) in [7, 11) is 0. The molecule has 9 nitrogen and oxygen atoms in total. The number of aliphatic carboxylic acids is 1. The molecule has 1 atom stereocenters. The van der Waals surface area contributed by atoms with Crippen molar-refractivity contribution in [3.05, 3.63) is 29.3 Å². The molecule has 1 fully saturated rings. The Kier molecular flexibility index (Phi) is 4.59. The van der Waals surface area contributed by atoms with Crippen LogP contribution in [-0.4, -0.2) is 55.1 Å². The van der Waals surface area contributed by atoms with Gasteiger partial charge in [-0.05, 0) is 25.8 Å². The van der Waals surface area contributed by atoms with E-state index in [2.05, 4.69) is 20.0 Å². The number of aryl methyl sites for hydroxylation is 1. The minimum absolute atomic E-state index is 0.0107. The highest BCUT2D eigenvalue weighted by atomic mass is 16.6. The SMILES string of the molecule is Cc1nonc1CC(=O)N1CCCC(c2ccn(CC(=O)O)n2)C1. The zero-order chi connectivity index (χ0) is 17.1. The summed E-state index contributed by atoms with van der Waals surface area (Å²) in [6, 6.07) is 1.83. The van der Waals surface area contributed by atoms with Gasteiger partial charge in [0.2, 0.25) is 5.91 Å². The van der Waals surface area contributed by atoms with Gasteiger partial charge >= 0.3 is 5.97 Å². The number of piperidine rings is 1. The molecule has 9 heteroatoms. The second-order valence-corrected chi connectivity index (χ2v) is 5.98. The van der Waals surface area contributed by atoms with E-state index in [1.165, 1.54) is 4.68 Å². The lowest BCUT2D eigenvalue weighted by Crippen LogP contribution is -2.40. The predicted octanol–water partition coefficient (Wildman–Crippen LogP) is 0.608. The van der Waals surface area contributed by atoms with Crippen LogP contribution in [0.5, 0.6) is 0 Å². The van der Waals surface area contributed by atoms with E-state index in [-0.39, 0.29) is 24.8 Å². The summed E-state index contributed by atoms with van der Waals surface area (Å²) < 4.78 is 6.03. The van der Waals surface area contributed by atoms with Crippen LogP contribution in [0, 0.1) is 6.92 Å². The number of rotatable bonds is 5. The monoisotopic (exact) mass is 333 g/mol. The molecule has 2 aromatic heterocycles. The maximum absolute atomic E-state index is 12.5. The molecular formula is C15H19N5O4. The van der Waals surface area contributed by atoms with Crippen LogP contribution in [0.3, 0.4) is 0 Å². The largest absolute Gasteiger partial charge is 0.480 e. The third-order valence-electron chi connectivity index (χ3n) is 4.22. The van der Waals surface area contributed by atoms with Crippen LogP contribution in [0.2, 0.25) is 0 Å². The van der Waals surface area contributed by atoms with Crippen molar-refractivity contribution in [2.24, 2.45) is 0 Å². The summed E-state index contributed by atoms with van der Waals surface area (Å²) >= 11 is 0. The summed E-state index contributed by atoms with van der Waals surface area (Å²) in [5.41, 5.74) is 2.02. The standard InChI is InChI=1S/C15H19N5O4/c1-10-13(18-24-17-10)7-14(21)19-5-2-3-11(8-19)12-4-6-20(16-12)9-15(22)23/h4,6,11H,2-3,5,7-9H2,1H3,(H,22,23). The van der Waals surface area contributed by atoms with Crippen molar-refractivity contribution >= 4 is 11.9 Å². The Labute approximate surface area is 138 Å². The molecule has 1 aliphatic rings. The lowest BCUT2D eigenvalue weighted by molar-refractivity contribution is -0.138. The van der Waals surface area contributed by atoms with Gasteiger partial charge in [0.15, 0.2) is 0 Å². The summed E-state index contributed by atoms with van der Waals surface area (Å²) in [6.45, 7) is 2.88. The van der Waals surface area contributed by atoms with E-state index < -0.39 is 5.97 Å². The highest BCUT2D eigenvalue weighted by Gasteiger charge is 2.27. The van der Waals surface area contributed by atoms with Gasteiger partial charge in [-0.15, -0.1) is 0 Å². The smallest absolute Gasteiger partial charge is 0.325 e. The average molecular weight is 333 g/mol. The number of aromatic nitrogens is 4. The van der Waals surface area contributed by atoms with Crippen molar-refractivity contribution in [3.63, 3.8) is 0 Å². The van der Waals surface area contributed by atoms with Gasteiger partial charge in [-0.2, -0.15) is 5.10 Å². The Morgan fingerprint density at radius 2 is 2.25 bits per heavy atom. The van der Waals surface area contributed by atoms with Gasteiger partial charge in [0.1, 0.15) is 17.9 Å². The average Bonchev–Trinajstić information content (AvgIpc) is 3.17. The van der Waals surface area contributed by atoms with E-state index >= 15 is 0 Å². The molecule has 0 radical (unpaired) electrons. The van der Waals surface area contributed by atoms with Crippen LogP contribution in [0.1, 0.15) is 35.8 Å². The molecule has 1 saturated heterocycles. The first-order valence-electron chi connectivity index (χ1n) is 7.84. The number of carbonyl (C=O) groups is 2. The quantitative estimate of drug-likeness (QED) is 0.852. The van der Waals surface area contributed by atoms with E-state index in [4.69, 9.17) is 5.11 Å². The van der Waals surface area contributed by atoms with Crippen molar-refractivity contribution in [1.82, 2.24) is 25.0 Å². The normalized spacial score (nSPS) is 17.9. The maximum Gasteiger partial charge on any atom is 0.325 e. The van der Waals surface area contributed by atoms with Crippen molar-refractivity contribution in [1.29, 1.82) is 0 Å². The molecule has 3 rings (SSSR count). The Bertz CT molecular complexity index is 738. The van der Waals surface area contributed by atoms with E-state index in [9.17, 15) is 9.59 Å². The van der Waals surface area contributed by atoms with Crippen LogP contribution in [0.25, 0.3) is 0 Å². The van der Waals surface area contributed by atoms with Gasteiger partial charge in [-0.3, -0.25) is 14.3 Å². The fourth-order valence-corrected chi connectivity index (χ4v) is 2.93. The molecule has 0 saturated carbocycles. The van der Waals surface area contributed by atoms with E-state index in [0.717, 1.165) is 18.5 Å². The first-order valence-corrected chi connectivity index (χ1v) is 7.84. The zero-order valence-corrected chi connectivity index (χ0v) is 13.4. The predicted molar refractivity (Wildman–Crippen MR) is 81.2 cm³/mol. The lowest BCUT2D eigenvalue weighted by Gasteiger charge is -2.32. The second kappa shape index (κ2) is 6.81. The second-order valence-electron chi connectivity index (χ2n) is 5.98. The molecule has 128 valence electrons. The first-order chi connectivity index (χ1) is 11.5. The van der Waals surface area contributed by atoms with E-state index in [1.807, 2.05) is 6.07 Å². The first kappa shape index (κ1) is 16.2. The van der Waals surface area contributed by atoms with Gasteiger partial charge in [-0.1, -0.05) is 10.3 Å². The Morgan fingerprint density at radius 1 is 1.42 bits per heavy atom. The summed E-state index contributed by atoms with van der Waals surface area (Å²) in [5, 5.41) is 20.6. The van der Waals surface area contributed by atoms with Gasteiger partial charge in [0.05, 0.1) is 12.1 Å². The number of hydrogen-bond donors (Lipinski definition) is 1. The van der Waals surface area contributed by atoms with Crippen molar-refractivity contribution in [2.45, 2.75) is 38.6 Å². The number of amides is 1. The maximum atomic E-state index is 12.5. The number of hydrogen-bond acceptors (Lipinski definition) is 6. The number of carboxylic acids is 1. The topological polar surface area (TPSA) is 114 Å². The fraction of sp³-hybridized carbons (Fsp3) is 0.533. The molecule has 2 aromatic rings. The molecule has 1 unspecified atom stereocenters. The molecule has 0 aliphatic carbocycles. The van der Waals surface area contributed by atoms with Crippen LogP contribution in [0.15, 0.2) is 16.9 Å². The number of carbonyl (C=O) groups excluding carboxylic acids is 1. The fourth-order valence-electron chi connectivity index (χ4n) is 2.93. The minimum atomic E-state index is -0.929. The summed E-state index contributed by atoms with van der Waals surface area (Å²) in [6.07, 6.45) is 3.65. The third kappa shape index (κ3) is 3.61. The number of nitrogens with zero attached hydrogens (tertiary/aromatic N) is 5. The summed E-state index contributed by atoms with van der Waals surface area (Å²) in [4.78, 5) is 25.0. The molecule has 1 aliphatic heterocycles. The Hall–Kier alpha value is -2.71. The van der Waals surface area contributed by atoms with Crippen LogP contribution in [0.4, 0.5) is 0 Å². The number of carboxylic acid groups (broad SMARTS) is 1. The molecule has 3 heterocycles. The number of likely N-dealkylation sites (tertiary alicyclic amines) is 1. The van der Waals surface area contributed by atoms with Gasteiger partial charge in [-0.25, -0.2) is 4.63 Å². The van der Waals surface area contributed by atoms with Crippen LogP contribution < -0.4 is 0 Å². The molecular weight excluding hydrogens is 314 g/mol. The highest BCUT2D eigenvalue weighted by Crippen LogP contribution is 2.26. The van der Waals surface area contributed by atoms with Crippen molar-refractivity contribution in [2.75, 3.05) is 13.1 Å². The minimum Gasteiger partial charge on any atom is -0.480 e. The highest BCUT2D eigenvalue weighted by molar-refractivity contribution is 5.78. The van der Waals surface area contributed by atoms with Gasteiger partial charge in [0.25, 0.3) is 0 Å². The molecule has 1 N–H and O–H groups in total. The Balaban J connectivity index is 1.63. The van der Waals surface area contributed by atoms with Gasteiger partial charge in [0, 0.05) is 25.2 Å². The molecule has 0 bridgehead atoms. The third-order valence-corrected chi connectivity index (χ3v) is 4.22. The van der Waals surface area contributed by atoms with Crippen LogP contribution >= 0.6 is 0 Å². The van der Waals surface area contributed by atoms with Crippen LogP contribution in [-0.2, 0) is 22.6 Å². The van der Waals surface area contributed by atoms with Crippen molar-refractivity contribution < 1.29 is 19.3 Å². The molecule has 0 aromatic carbocycles. The van der Waals surface area contributed by atoms with E-state index in [1.54, 1.807) is 18.0 Å². The van der Waals surface area contributed by atoms with Gasteiger partial charge < -0.3 is 10.0 Å².